The Bertz CT molecular complexity index is 689. The summed E-state index contributed by atoms with van der Waals surface area (Å²) in [6.07, 6.45) is 3.51. The average molecular weight is 329 g/mol. The van der Waals surface area contributed by atoms with Crippen molar-refractivity contribution in [2.45, 2.75) is 5.75 Å². The molecule has 0 aliphatic carbocycles. The van der Waals surface area contributed by atoms with Gasteiger partial charge >= 0.3 is 0 Å². The van der Waals surface area contributed by atoms with E-state index in [4.69, 9.17) is 4.74 Å². The maximum Gasteiger partial charge on any atom is 0.254 e. The third-order valence-electron chi connectivity index (χ3n) is 2.97. The fraction of sp³-hybridized carbons (Fsp3) is 0.188. The van der Waals surface area contributed by atoms with Crippen molar-refractivity contribution in [2.75, 3.05) is 12.4 Å². The second-order valence-corrected chi connectivity index (χ2v) is 6.18. The van der Waals surface area contributed by atoms with Crippen LogP contribution in [0.2, 0.25) is 0 Å². The molecule has 3 rings (SSSR count). The molecule has 0 bridgehead atoms. The van der Waals surface area contributed by atoms with Crippen LogP contribution in [-0.4, -0.2) is 26.1 Å². The zero-order valence-electron chi connectivity index (χ0n) is 11.9. The molecule has 1 aromatic carbocycles. The predicted molar refractivity (Wildman–Crippen MR) is 91.2 cm³/mol. The lowest BCUT2D eigenvalue weighted by molar-refractivity contribution is 0.335. The molecular weight excluding hydrogens is 314 g/mol. The third kappa shape index (κ3) is 4.05. The molecule has 0 saturated carbocycles. The van der Waals surface area contributed by atoms with Crippen LogP contribution in [0, 0.1) is 0 Å². The van der Waals surface area contributed by atoms with Gasteiger partial charge in [0.15, 0.2) is 0 Å². The second-order valence-electron chi connectivity index (χ2n) is 4.55. The van der Waals surface area contributed by atoms with Gasteiger partial charge in [0.2, 0.25) is 0 Å². The molecule has 4 nitrogen and oxygen atoms in total. The van der Waals surface area contributed by atoms with E-state index in [0.717, 1.165) is 34.5 Å². The Labute approximate surface area is 137 Å². The van der Waals surface area contributed by atoms with Crippen LogP contribution in [0.4, 0.5) is 0 Å². The van der Waals surface area contributed by atoms with Crippen molar-refractivity contribution in [2.24, 2.45) is 0 Å². The number of ether oxygens (including phenoxy) is 1. The van der Waals surface area contributed by atoms with Crippen LogP contribution in [0.5, 0.6) is 5.88 Å². The minimum atomic E-state index is 0.596. The molecule has 2 heterocycles. The molecule has 0 radical (unpaired) electrons. The summed E-state index contributed by atoms with van der Waals surface area (Å²) in [5.74, 6) is 2.51. The van der Waals surface area contributed by atoms with E-state index in [1.807, 2.05) is 30.0 Å². The van der Waals surface area contributed by atoms with E-state index in [1.165, 1.54) is 5.56 Å². The molecule has 6 heteroatoms. The number of hydrogen-bond donors (Lipinski definition) is 0. The van der Waals surface area contributed by atoms with Gasteiger partial charge in [-0.3, -0.25) is 4.98 Å². The van der Waals surface area contributed by atoms with Gasteiger partial charge in [0.05, 0.1) is 18.3 Å². The average Bonchev–Trinajstić information content (AvgIpc) is 3.05. The Balaban J connectivity index is 1.48. The minimum absolute atomic E-state index is 0.596. The molecule has 0 fully saturated rings. The number of benzene rings is 1. The molecule has 0 aliphatic rings. The van der Waals surface area contributed by atoms with Crippen molar-refractivity contribution in [3.63, 3.8) is 0 Å². The second kappa shape index (κ2) is 7.91. The first-order valence-corrected chi connectivity index (χ1v) is 8.79. The molecule has 0 spiro atoms. The summed E-state index contributed by atoms with van der Waals surface area (Å²) in [7, 11) is 0. The lowest BCUT2D eigenvalue weighted by Crippen LogP contribution is -2.01. The zero-order valence-corrected chi connectivity index (χ0v) is 13.5. The minimum Gasteiger partial charge on any atom is -0.475 e. The molecule has 0 saturated heterocycles. The van der Waals surface area contributed by atoms with Gasteiger partial charge in [-0.1, -0.05) is 30.3 Å². The summed E-state index contributed by atoms with van der Waals surface area (Å²) in [5, 5.41) is 0. The van der Waals surface area contributed by atoms with E-state index >= 15 is 0 Å². The molecule has 0 atom stereocenters. The van der Waals surface area contributed by atoms with Crippen molar-refractivity contribution in [1.29, 1.82) is 0 Å². The van der Waals surface area contributed by atoms with Crippen LogP contribution >= 0.6 is 23.5 Å². The number of thioether (sulfide) groups is 1. The Morgan fingerprint density at radius 3 is 2.77 bits per heavy atom. The summed E-state index contributed by atoms with van der Waals surface area (Å²) in [5.41, 5.74) is 3.04. The van der Waals surface area contributed by atoms with Crippen LogP contribution in [-0.2, 0) is 5.75 Å². The number of rotatable bonds is 7. The Morgan fingerprint density at radius 2 is 1.95 bits per heavy atom. The van der Waals surface area contributed by atoms with E-state index in [2.05, 4.69) is 38.0 Å². The largest absolute Gasteiger partial charge is 0.475 e. The summed E-state index contributed by atoms with van der Waals surface area (Å²) in [4.78, 5) is 4.10. The maximum atomic E-state index is 5.76. The molecule has 0 amide bonds. The smallest absolute Gasteiger partial charge is 0.254 e. The first-order valence-electron chi connectivity index (χ1n) is 6.91. The SMILES string of the molecule is c1ccc(CSCCOc2nsnc2-c2cccnc2)cc1. The van der Waals surface area contributed by atoms with Gasteiger partial charge in [-0.05, 0) is 17.7 Å². The Kier molecular flexibility index (Phi) is 5.39. The molecule has 112 valence electrons. The molecule has 2 aromatic heterocycles. The zero-order chi connectivity index (χ0) is 15.0. The van der Waals surface area contributed by atoms with E-state index in [0.29, 0.717) is 12.5 Å². The molecule has 22 heavy (non-hydrogen) atoms. The fourth-order valence-electron chi connectivity index (χ4n) is 1.92. The highest BCUT2D eigenvalue weighted by atomic mass is 32.2. The van der Waals surface area contributed by atoms with Crippen molar-refractivity contribution in [3.05, 3.63) is 60.4 Å². The molecule has 0 unspecified atom stereocenters. The van der Waals surface area contributed by atoms with Gasteiger partial charge in [0.25, 0.3) is 5.88 Å². The van der Waals surface area contributed by atoms with Crippen LogP contribution < -0.4 is 4.74 Å². The van der Waals surface area contributed by atoms with Gasteiger partial charge in [-0.15, -0.1) is 4.37 Å². The fourth-order valence-corrected chi connectivity index (χ4v) is 3.21. The third-order valence-corrected chi connectivity index (χ3v) is 4.48. The van der Waals surface area contributed by atoms with Crippen LogP contribution in [0.25, 0.3) is 11.3 Å². The first-order chi connectivity index (χ1) is 10.9. The predicted octanol–water partition coefficient (Wildman–Crippen LogP) is 3.91. The normalized spacial score (nSPS) is 10.5. The van der Waals surface area contributed by atoms with Gasteiger partial charge in [0, 0.05) is 29.5 Å². The molecular formula is C16H15N3OS2. The monoisotopic (exact) mass is 329 g/mol. The first kappa shape index (κ1) is 15.0. The van der Waals surface area contributed by atoms with Crippen molar-refractivity contribution in [1.82, 2.24) is 13.7 Å². The van der Waals surface area contributed by atoms with Gasteiger partial charge < -0.3 is 4.74 Å². The Morgan fingerprint density at radius 1 is 1.05 bits per heavy atom. The lowest BCUT2D eigenvalue weighted by Gasteiger charge is -2.05. The molecule has 3 aromatic rings. The van der Waals surface area contributed by atoms with E-state index in [9.17, 15) is 0 Å². The number of hydrogen-bond acceptors (Lipinski definition) is 6. The number of aromatic nitrogens is 3. The quantitative estimate of drug-likeness (QED) is 0.615. The van der Waals surface area contributed by atoms with Crippen molar-refractivity contribution < 1.29 is 4.74 Å². The standard InChI is InChI=1S/C16H15N3OS2/c1-2-5-13(6-3-1)12-21-10-9-20-16-15(18-22-19-16)14-7-4-8-17-11-14/h1-8,11H,9-10,12H2. The van der Waals surface area contributed by atoms with Gasteiger partial charge in [-0.25, -0.2) is 0 Å². The molecule has 0 N–H and O–H groups in total. The van der Waals surface area contributed by atoms with Crippen molar-refractivity contribution >= 4 is 23.5 Å². The van der Waals surface area contributed by atoms with E-state index in [-0.39, 0.29) is 0 Å². The highest BCUT2D eigenvalue weighted by Gasteiger charge is 2.11. The Hall–Kier alpha value is -1.92. The van der Waals surface area contributed by atoms with Gasteiger partial charge in [-0.2, -0.15) is 16.1 Å². The van der Waals surface area contributed by atoms with Crippen LogP contribution in [0.15, 0.2) is 54.9 Å². The highest BCUT2D eigenvalue weighted by Crippen LogP contribution is 2.27. The summed E-state index contributed by atoms with van der Waals surface area (Å²) >= 11 is 3.01. The number of pyridine rings is 1. The van der Waals surface area contributed by atoms with Crippen LogP contribution in [0.1, 0.15) is 5.56 Å². The van der Waals surface area contributed by atoms with E-state index < -0.39 is 0 Å². The van der Waals surface area contributed by atoms with Crippen LogP contribution in [0.3, 0.4) is 0 Å². The number of nitrogens with zero attached hydrogens (tertiary/aromatic N) is 3. The lowest BCUT2D eigenvalue weighted by atomic mass is 10.2. The molecule has 0 aliphatic heterocycles. The summed E-state index contributed by atoms with van der Waals surface area (Å²) < 4.78 is 14.3. The summed E-state index contributed by atoms with van der Waals surface area (Å²) in [6, 6.07) is 14.3. The van der Waals surface area contributed by atoms with E-state index in [1.54, 1.807) is 12.4 Å². The van der Waals surface area contributed by atoms with Crippen molar-refractivity contribution in [3.8, 4) is 17.1 Å². The maximum absolute atomic E-state index is 5.76. The van der Waals surface area contributed by atoms with Gasteiger partial charge in [0.1, 0.15) is 5.69 Å². The summed E-state index contributed by atoms with van der Waals surface area (Å²) in [6.45, 7) is 0.621. The topological polar surface area (TPSA) is 47.9 Å². The highest BCUT2D eigenvalue weighted by molar-refractivity contribution is 7.98.